The highest BCUT2D eigenvalue weighted by atomic mass is 16.3. The molecule has 3 atom stereocenters. The molecule has 1 unspecified atom stereocenters. The van der Waals surface area contributed by atoms with Crippen molar-refractivity contribution in [2.24, 2.45) is 12.8 Å². The molecule has 7 nitrogen and oxygen atoms in total. The number of rotatable bonds is 2. The van der Waals surface area contributed by atoms with E-state index in [1.165, 1.54) is 4.57 Å². The van der Waals surface area contributed by atoms with Crippen LogP contribution in [-0.2, 0) is 25.3 Å². The lowest BCUT2D eigenvalue weighted by Crippen LogP contribution is -2.70. The maximum Gasteiger partial charge on any atom is 0.263 e. The smallest absolute Gasteiger partial charge is 0.263 e. The van der Waals surface area contributed by atoms with E-state index in [0.717, 1.165) is 28.9 Å². The maximum atomic E-state index is 12.8. The fourth-order valence-electron chi connectivity index (χ4n) is 5.66. The summed E-state index contributed by atoms with van der Waals surface area (Å²) in [5, 5.41) is 22.5. The minimum Gasteiger partial charge on any atom is -0.508 e. The average molecular weight is 412 g/mol. The Labute approximate surface area is 175 Å². The molecule has 4 N–H and O–H groups in total. The molecular formula is C23H29N3O4. The summed E-state index contributed by atoms with van der Waals surface area (Å²) in [5.74, 6) is -0.609. The van der Waals surface area contributed by atoms with E-state index >= 15 is 0 Å². The first kappa shape index (κ1) is 20.6. The van der Waals surface area contributed by atoms with Crippen LogP contribution >= 0.6 is 0 Å². The molecule has 2 heterocycles. The molecule has 0 bridgehead atoms. The fraction of sp³-hybridized carbons (Fsp3) is 0.478. The number of phenols is 1. The molecule has 0 radical (unpaired) electrons. The van der Waals surface area contributed by atoms with Crippen molar-refractivity contribution in [3.8, 4) is 5.75 Å². The number of amides is 1. The van der Waals surface area contributed by atoms with Crippen molar-refractivity contribution in [2.45, 2.75) is 50.2 Å². The van der Waals surface area contributed by atoms with Crippen LogP contribution in [-0.4, -0.2) is 50.8 Å². The Bertz CT molecular complexity index is 1110. The van der Waals surface area contributed by atoms with E-state index in [1.54, 1.807) is 25.2 Å². The third kappa shape index (κ3) is 2.65. The summed E-state index contributed by atoms with van der Waals surface area (Å²) in [6.07, 6.45) is 1.41. The minimum atomic E-state index is -1.15. The van der Waals surface area contributed by atoms with Gasteiger partial charge in [0, 0.05) is 37.0 Å². The first-order valence-corrected chi connectivity index (χ1v) is 10.3. The van der Waals surface area contributed by atoms with Crippen LogP contribution in [0, 0.1) is 6.92 Å². The van der Waals surface area contributed by atoms with Crippen molar-refractivity contribution in [1.29, 1.82) is 0 Å². The first-order valence-electron chi connectivity index (χ1n) is 10.3. The Hall–Kier alpha value is -2.64. The summed E-state index contributed by atoms with van der Waals surface area (Å²) < 4.78 is 1.50. The summed E-state index contributed by atoms with van der Waals surface area (Å²) in [5.41, 5.74) is 6.59. The molecule has 1 amide bonds. The number of aromatic nitrogens is 1. The SMILES string of the molecule is Cc1ccc(O)cc1C12CCN(C)[C@H](C)[C@]1(O)Cc1cc(C(N)=O)c(=O)n(C)c1C2. The number of primary amides is 1. The van der Waals surface area contributed by atoms with Crippen molar-refractivity contribution in [1.82, 2.24) is 9.47 Å². The molecule has 0 saturated carbocycles. The maximum absolute atomic E-state index is 12.8. The van der Waals surface area contributed by atoms with Crippen LogP contribution in [0.5, 0.6) is 5.75 Å². The van der Waals surface area contributed by atoms with Gasteiger partial charge in [-0.3, -0.25) is 9.59 Å². The third-order valence-electron chi connectivity index (χ3n) is 7.63. The second-order valence-electron chi connectivity index (χ2n) is 9.02. The zero-order valence-corrected chi connectivity index (χ0v) is 17.9. The Morgan fingerprint density at radius 1 is 1.23 bits per heavy atom. The Morgan fingerprint density at radius 3 is 2.60 bits per heavy atom. The van der Waals surface area contributed by atoms with Gasteiger partial charge in [0.25, 0.3) is 11.5 Å². The zero-order valence-electron chi connectivity index (χ0n) is 17.9. The van der Waals surface area contributed by atoms with Crippen molar-refractivity contribution in [3.63, 3.8) is 0 Å². The summed E-state index contributed by atoms with van der Waals surface area (Å²) in [6, 6.07) is 6.65. The second kappa shape index (κ2) is 6.68. The zero-order chi connectivity index (χ0) is 22.0. The number of hydrogen-bond donors (Lipinski definition) is 3. The van der Waals surface area contributed by atoms with E-state index in [9.17, 15) is 19.8 Å². The number of likely N-dealkylation sites (tertiary alicyclic amines) is 1. The highest BCUT2D eigenvalue weighted by Crippen LogP contribution is 2.53. The van der Waals surface area contributed by atoms with Gasteiger partial charge in [0.2, 0.25) is 0 Å². The van der Waals surface area contributed by atoms with Crippen LogP contribution in [0.25, 0.3) is 0 Å². The molecule has 4 rings (SSSR count). The van der Waals surface area contributed by atoms with Crippen LogP contribution in [0.3, 0.4) is 0 Å². The standard InChI is InChI=1S/C23H29N3O4/c1-13-5-6-16(27)10-18(13)22-7-8-25(3)14(2)23(22,30)11-15-9-17(20(24)28)21(29)26(4)19(15)12-22/h5-6,9-10,14,27,30H,7-8,11-12H2,1-4H3,(H2,24,28)/t14-,22?,23-/m1/s1. The van der Waals surface area contributed by atoms with E-state index in [1.807, 2.05) is 27.0 Å². The molecule has 0 spiro atoms. The molecule has 1 aromatic carbocycles. The number of aliphatic hydroxyl groups is 1. The topological polar surface area (TPSA) is 109 Å². The number of nitrogens with two attached hydrogens (primary N) is 1. The number of nitrogens with zero attached hydrogens (tertiary/aromatic N) is 2. The number of aromatic hydroxyl groups is 1. The molecule has 1 aliphatic heterocycles. The predicted molar refractivity (Wildman–Crippen MR) is 114 cm³/mol. The minimum absolute atomic E-state index is 0.0577. The summed E-state index contributed by atoms with van der Waals surface area (Å²) in [4.78, 5) is 26.7. The number of carbonyl (C=O) groups is 1. The van der Waals surface area contributed by atoms with Gasteiger partial charge in [-0.05, 0) is 68.8 Å². The molecule has 160 valence electrons. The summed E-state index contributed by atoms with van der Waals surface area (Å²) in [6.45, 7) is 4.77. The van der Waals surface area contributed by atoms with Gasteiger partial charge in [0.15, 0.2) is 0 Å². The molecule has 30 heavy (non-hydrogen) atoms. The molecule has 1 aliphatic carbocycles. The van der Waals surface area contributed by atoms with Crippen molar-refractivity contribution in [3.05, 3.63) is 62.6 Å². The highest BCUT2D eigenvalue weighted by molar-refractivity contribution is 5.92. The van der Waals surface area contributed by atoms with E-state index < -0.39 is 22.5 Å². The molecule has 2 aromatic rings. The van der Waals surface area contributed by atoms with Gasteiger partial charge in [-0.2, -0.15) is 0 Å². The van der Waals surface area contributed by atoms with Gasteiger partial charge in [0.05, 0.1) is 5.60 Å². The van der Waals surface area contributed by atoms with Gasteiger partial charge in [-0.1, -0.05) is 6.07 Å². The number of benzene rings is 1. The van der Waals surface area contributed by atoms with Crippen LogP contribution < -0.4 is 11.3 Å². The summed E-state index contributed by atoms with van der Waals surface area (Å²) in [7, 11) is 3.65. The van der Waals surface area contributed by atoms with Crippen molar-refractivity contribution >= 4 is 5.91 Å². The first-order chi connectivity index (χ1) is 14.0. The van der Waals surface area contributed by atoms with Crippen LogP contribution in [0.15, 0.2) is 29.1 Å². The van der Waals surface area contributed by atoms with Gasteiger partial charge in [0.1, 0.15) is 11.3 Å². The van der Waals surface area contributed by atoms with Crippen LogP contribution in [0.2, 0.25) is 0 Å². The van der Waals surface area contributed by atoms with Crippen LogP contribution in [0.4, 0.5) is 0 Å². The van der Waals surface area contributed by atoms with Gasteiger partial charge in [-0.15, -0.1) is 0 Å². The van der Waals surface area contributed by atoms with E-state index in [-0.39, 0.29) is 23.8 Å². The quantitative estimate of drug-likeness (QED) is 0.683. The molecule has 7 heteroatoms. The lowest BCUT2D eigenvalue weighted by atomic mass is 9.53. The van der Waals surface area contributed by atoms with Gasteiger partial charge in [-0.25, -0.2) is 0 Å². The normalized spacial score (nSPS) is 28.6. The number of piperidine rings is 1. The number of hydrogen-bond acceptors (Lipinski definition) is 5. The largest absolute Gasteiger partial charge is 0.508 e. The van der Waals surface area contributed by atoms with Crippen molar-refractivity contribution < 1.29 is 15.0 Å². The Morgan fingerprint density at radius 2 is 1.93 bits per heavy atom. The highest BCUT2D eigenvalue weighted by Gasteiger charge is 2.60. The Kier molecular flexibility index (Phi) is 4.60. The lowest BCUT2D eigenvalue weighted by Gasteiger charge is -2.60. The van der Waals surface area contributed by atoms with Crippen molar-refractivity contribution in [2.75, 3.05) is 13.6 Å². The molecule has 1 saturated heterocycles. The second-order valence-corrected chi connectivity index (χ2v) is 9.02. The summed E-state index contributed by atoms with van der Waals surface area (Å²) >= 11 is 0. The molecule has 2 aliphatic rings. The lowest BCUT2D eigenvalue weighted by molar-refractivity contribution is -0.133. The predicted octanol–water partition coefficient (Wildman–Crippen LogP) is 0.990. The number of likely N-dealkylation sites (N-methyl/N-ethyl adjacent to an activating group) is 1. The molecule has 1 fully saturated rings. The van der Waals surface area contributed by atoms with E-state index in [2.05, 4.69) is 4.90 Å². The number of aryl methyl sites for hydroxylation is 1. The number of phenolic OH excluding ortho intramolecular Hbond substituents is 1. The fourth-order valence-corrected chi connectivity index (χ4v) is 5.66. The average Bonchev–Trinajstić information content (AvgIpc) is 2.69. The van der Waals surface area contributed by atoms with E-state index in [4.69, 9.17) is 5.73 Å². The van der Waals surface area contributed by atoms with Gasteiger partial charge < -0.3 is 25.4 Å². The monoisotopic (exact) mass is 411 g/mol. The van der Waals surface area contributed by atoms with Gasteiger partial charge >= 0.3 is 0 Å². The van der Waals surface area contributed by atoms with Crippen LogP contribution in [0.1, 0.15) is 46.1 Å². The van der Waals surface area contributed by atoms with E-state index in [0.29, 0.717) is 12.8 Å². The number of pyridine rings is 1. The molecular weight excluding hydrogens is 382 g/mol. The Balaban J connectivity index is 2.03. The number of fused-ring (bicyclic) bond motifs is 2. The third-order valence-corrected chi connectivity index (χ3v) is 7.63. The molecule has 1 aromatic heterocycles. The number of carbonyl (C=O) groups excluding carboxylic acids is 1.